The van der Waals surface area contributed by atoms with Crippen molar-refractivity contribution in [3.63, 3.8) is 0 Å². The summed E-state index contributed by atoms with van der Waals surface area (Å²) in [6, 6.07) is 12.7. The number of thioether (sulfide) groups is 1. The third-order valence-corrected chi connectivity index (χ3v) is 5.04. The number of nitrogens with zero attached hydrogens (tertiary/aromatic N) is 3. The minimum Gasteiger partial charge on any atom is -0.354 e. The number of aromatic nitrogens is 3. The first-order chi connectivity index (χ1) is 12.1. The van der Waals surface area contributed by atoms with Crippen LogP contribution in [0.15, 0.2) is 60.0 Å². The predicted molar refractivity (Wildman–Crippen MR) is 90.1 cm³/mol. The van der Waals surface area contributed by atoms with E-state index in [-0.39, 0.29) is 11.6 Å². The Morgan fingerprint density at radius 3 is 2.64 bits per heavy atom. The van der Waals surface area contributed by atoms with Gasteiger partial charge in [0, 0.05) is 5.56 Å². The molecule has 0 saturated carbocycles. The third-order valence-electron chi connectivity index (χ3n) is 4.36. The second kappa shape index (κ2) is 6.24. The molecule has 0 aliphatic carbocycles. The van der Waals surface area contributed by atoms with E-state index in [1.54, 1.807) is 35.0 Å². The Morgan fingerprint density at radius 1 is 1.16 bits per heavy atom. The van der Waals surface area contributed by atoms with Crippen LogP contribution in [0.3, 0.4) is 0 Å². The van der Waals surface area contributed by atoms with E-state index in [2.05, 4.69) is 10.1 Å². The molecule has 0 N–H and O–H groups in total. The normalized spacial score (nSPS) is 22.1. The maximum absolute atomic E-state index is 14.2. The second-order valence-corrected chi connectivity index (χ2v) is 6.59. The first kappa shape index (κ1) is 16.2. The lowest BCUT2D eigenvalue weighted by atomic mass is 9.91. The Balaban J connectivity index is 1.75. The molecule has 2 aromatic carbocycles. The van der Waals surface area contributed by atoms with Gasteiger partial charge in [-0.2, -0.15) is 5.10 Å². The summed E-state index contributed by atoms with van der Waals surface area (Å²) in [6.07, 6.45) is 2.93. The smallest absolute Gasteiger partial charge is 0.185 e. The summed E-state index contributed by atoms with van der Waals surface area (Å²) < 4.78 is 35.3. The van der Waals surface area contributed by atoms with E-state index in [1.165, 1.54) is 36.3 Å². The van der Waals surface area contributed by atoms with Crippen molar-refractivity contribution in [1.82, 2.24) is 14.8 Å². The average Bonchev–Trinajstić information content (AvgIpc) is 3.16. The van der Waals surface area contributed by atoms with Crippen LogP contribution in [0, 0.1) is 11.6 Å². The van der Waals surface area contributed by atoms with E-state index in [9.17, 15) is 8.78 Å². The molecule has 1 saturated heterocycles. The van der Waals surface area contributed by atoms with Crippen LogP contribution < -0.4 is 0 Å². The first-order valence-electron chi connectivity index (χ1n) is 7.74. The SMILES string of the molecule is CSc1ncnn1C[C@@]1(c2ccc(F)cc2)O[C@@H]1c1ccccc1F. The van der Waals surface area contributed by atoms with E-state index in [0.29, 0.717) is 12.1 Å². The maximum atomic E-state index is 14.2. The summed E-state index contributed by atoms with van der Waals surface area (Å²) >= 11 is 1.47. The van der Waals surface area contributed by atoms with Gasteiger partial charge in [-0.3, -0.25) is 0 Å². The van der Waals surface area contributed by atoms with Crippen LogP contribution in [0.4, 0.5) is 8.78 Å². The first-order valence-corrected chi connectivity index (χ1v) is 8.96. The number of rotatable bonds is 5. The van der Waals surface area contributed by atoms with Crippen molar-refractivity contribution in [2.75, 3.05) is 6.26 Å². The molecule has 128 valence electrons. The van der Waals surface area contributed by atoms with Gasteiger partial charge in [0.2, 0.25) is 0 Å². The number of halogens is 2. The van der Waals surface area contributed by atoms with Crippen molar-refractivity contribution in [1.29, 1.82) is 0 Å². The second-order valence-electron chi connectivity index (χ2n) is 5.82. The van der Waals surface area contributed by atoms with Crippen LogP contribution in [0.25, 0.3) is 0 Å². The molecule has 0 bridgehead atoms. The molecule has 1 aliphatic heterocycles. The van der Waals surface area contributed by atoms with Crippen molar-refractivity contribution >= 4 is 11.8 Å². The lowest BCUT2D eigenvalue weighted by Gasteiger charge is -2.15. The summed E-state index contributed by atoms with van der Waals surface area (Å²) in [7, 11) is 0. The molecule has 4 nitrogen and oxygen atoms in total. The topological polar surface area (TPSA) is 43.2 Å². The van der Waals surface area contributed by atoms with Gasteiger partial charge >= 0.3 is 0 Å². The van der Waals surface area contributed by atoms with E-state index < -0.39 is 11.7 Å². The average molecular weight is 359 g/mol. The van der Waals surface area contributed by atoms with Crippen LogP contribution in [0.5, 0.6) is 0 Å². The van der Waals surface area contributed by atoms with E-state index >= 15 is 0 Å². The molecule has 1 fully saturated rings. The van der Waals surface area contributed by atoms with Gasteiger partial charge in [-0.25, -0.2) is 18.4 Å². The standard InChI is InChI=1S/C18H15F2N3OS/c1-25-17-21-11-22-23(17)10-18(12-6-8-13(19)9-7-12)16(24-18)14-4-2-3-5-15(14)20/h2-9,11,16H,10H2,1H3/t16-,18+/m1/s1. The van der Waals surface area contributed by atoms with Crippen molar-refractivity contribution in [2.45, 2.75) is 23.4 Å². The van der Waals surface area contributed by atoms with Crippen LogP contribution in [0.2, 0.25) is 0 Å². The molecule has 1 aromatic heterocycles. The van der Waals surface area contributed by atoms with Crippen molar-refractivity contribution < 1.29 is 13.5 Å². The molecule has 0 amide bonds. The molecule has 7 heteroatoms. The van der Waals surface area contributed by atoms with Crippen molar-refractivity contribution in [3.05, 3.63) is 77.6 Å². The Hall–Kier alpha value is -2.25. The van der Waals surface area contributed by atoms with Crippen molar-refractivity contribution in [2.24, 2.45) is 0 Å². The molecule has 3 aromatic rings. The molecule has 4 rings (SSSR count). The lowest BCUT2D eigenvalue weighted by molar-refractivity contribution is 0.256. The highest BCUT2D eigenvalue weighted by molar-refractivity contribution is 7.98. The highest BCUT2D eigenvalue weighted by atomic mass is 32.2. The molecule has 1 aliphatic rings. The molecule has 2 heterocycles. The van der Waals surface area contributed by atoms with Crippen LogP contribution in [0.1, 0.15) is 17.2 Å². The van der Waals surface area contributed by atoms with Crippen LogP contribution in [-0.2, 0) is 16.9 Å². The molecule has 0 spiro atoms. The monoisotopic (exact) mass is 359 g/mol. The van der Waals surface area contributed by atoms with Gasteiger partial charge in [-0.15, -0.1) is 0 Å². The van der Waals surface area contributed by atoms with Crippen molar-refractivity contribution in [3.8, 4) is 0 Å². The zero-order chi connectivity index (χ0) is 17.4. The highest BCUT2D eigenvalue weighted by Gasteiger charge is 2.60. The number of benzene rings is 2. The van der Waals surface area contributed by atoms with Gasteiger partial charge in [0.1, 0.15) is 29.7 Å². The number of epoxide rings is 1. The van der Waals surface area contributed by atoms with Gasteiger partial charge in [-0.1, -0.05) is 42.1 Å². The zero-order valence-electron chi connectivity index (χ0n) is 13.4. The summed E-state index contributed by atoms with van der Waals surface area (Å²) in [4.78, 5) is 4.19. The molecule has 25 heavy (non-hydrogen) atoms. The molecular formula is C18H15F2N3OS. The fourth-order valence-electron chi connectivity index (χ4n) is 3.08. The van der Waals surface area contributed by atoms with Gasteiger partial charge in [0.15, 0.2) is 5.16 Å². The summed E-state index contributed by atoms with van der Waals surface area (Å²) in [6.45, 7) is 0.369. The largest absolute Gasteiger partial charge is 0.354 e. The van der Waals surface area contributed by atoms with Gasteiger partial charge in [0.25, 0.3) is 0 Å². The number of ether oxygens (including phenoxy) is 1. The van der Waals surface area contributed by atoms with Crippen LogP contribution >= 0.6 is 11.8 Å². The summed E-state index contributed by atoms with van der Waals surface area (Å²) in [5, 5.41) is 4.98. The van der Waals surface area contributed by atoms with Gasteiger partial charge in [-0.05, 0) is 30.0 Å². The summed E-state index contributed by atoms with van der Waals surface area (Å²) in [5.41, 5.74) is 0.469. The Kier molecular flexibility index (Phi) is 4.05. The minimum atomic E-state index is -0.798. The lowest BCUT2D eigenvalue weighted by Crippen LogP contribution is -2.20. The maximum Gasteiger partial charge on any atom is 0.185 e. The van der Waals surface area contributed by atoms with Crippen LogP contribution in [-0.4, -0.2) is 21.0 Å². The highest BCUT2D eigenvalue weighted by Crippen LogP contribution is 2.58. The van der Waals surface area contributed by atoms with E-state index in [1.807, 2.05) is 6.26 Å². The fourth-order valence-corrected chi connectivity index (χ4v) is 3.56. The fraction of sp³-hybridized carbons (Fsp3) is 0.222. The zero-order valence-corrected chi connectivity index (χ0v) is 14.2. The molecule has 2 atom stereocenters. The predicted octanol–water partition coefficient (Wildman–Crippen LogP) is 3.95. The Bertz CT molecular complexity index is 899. The van der Waals surface area contributed by atoms with E-state index in [0.717, 1.165) is 10.7 Å². The Labute approximate surface area is 147 Å². The quantitative estimate of drug-likeness (QED) is 0.511. The van der Waals surface area contributed by atoms with Gasteiger partial charge < -0.3 is 4.74 Å². The third kappa shape index (κ3) is 2.83. The summed E-state index contributed by atoms with van der Waals surface area (Å²) in [5.74, 6) is -0.646. The Morgan fingerprint density at radius 2 is 1.92 bits per heavy atom. The van der Waals surface area contributed by atoms with Gasteiger partial charge in [0.05, 0.1) is 6.54 Å². The minimum absolute atomic E-state index is 0.319. The number of hydrogen-bond donors (Lipinski definition) is 0. The molecule has 0 unspecified atom stereocenters. The molecule has 0 radical (unpaired) electrons. The van der Waals surface area contributed by atoms with E-state index in [4.69, 9.17) is 4.74 Å². The number of hydrogen-bond acceptors (Lipinski definition) is 4. The molecular weight excluding hydrogens is 344 g/mol.